The number of hydrogen-bond acceptors (Lipinski definition) is 20. The van der Waals surface area contributed by atoms with Crippen LogP contribution in [0.15, 0.2) is 153 Å². The van der Waals surface area contributed by atoms with E-state index < -0.39 is 133 Å². The van der Waals surface area contributed by atoms with Crippen molar-refractivity contribution in [2.24, 2.45) is 41.1 Å². The van der Waals surface area contributed by atoms with Crippen LogP contribution in [-0.4, -0.2) is 143 Å². The van der Waals surface area contributed by atoms with Crippen molar-refractivity contribution in [1.29, 1.82) is 0 Å². The van der Waals surface area contributed by atoms with E-state index in [1.807, 2.05) is 39.0 Å². The van der Waals surface area contributed by atoms with Crippen LogP contribution in [0.4, 0.5) is 11.4 Å². The van der Waals surface area contributed by atoms with Gasteiger partial charge in [-0.25, -0.2) is 22.9 Å². The van der Waals surface area contributed by atoms with Crippen LogP contribution < -0.4 is 24.5 Å². The Morgan fingerprint density at radius 3 is 1.48 bits per heavy atom. The number of nitrogens with two attached hydrogens (primary N) is 2. The zero-order valence-corrected chi connectivity index (χ0v) is 72.1. The minimum Gasteiger partial charge on any atom is -0.492 e. The first-order valence-corrected chi connectivity index (χ1v) is 45.2. The number of nitrogens with zero attached hydrogens (tertiary/aromatic N) is 5. The molecule has 30 nitrogen and oxygen atoms in total. The van der Waals surface area contributed by atoms with E-state index in [0.29, 0.717) is 24.2 Å². The number of ether oxygens (including phenoxy) is 6. The number of hydrogen-bond donors (Lipinski definition) is 5. The lowest BCUT2D eigenvalue weighted by Crippen LogP contribution is -2.46. The molecule has 0 radical (unpaired) electrons. The fourth-order valence-electron chi connectivity index (χ4n) is 16.4. The van der Waals surface area contributed by atoms with Crippen LogP contribution in [0.3, 0.4) is 0 Å². The Morgan fingerprint density at radius 1 is 0.525 bits per heavy atom. The SMILES string of the molecule is C.COC(C)[C@]1(COc2ccc(C(=O)N=[S@](=O)(CC(=O)O[C@@H](C)c3ccccc3)C[C@@H](C)CC(=O)O)cc2[N+](=O)[O-])CCCc2cc(C)ccc21.CO[C@]1(COc2ccc(C(=O)N=S(N)(=O)C[C@@H](C)CC(=O)O)cc2[N+](=O)[O-])CCCc2cc(C)ccc21.Cc1ccc2c(c1)CCC[C@@]21CCc2cc(C(=O)N=S(N)(=O)C[C@@H](C)CC(=O)O)ccc2OC1. The van der Waals surface area contributed by atoms with E-state index in [4.69, 9.17) is 48.9 Å². The molecule has 7 aromatic carbocycles. The topological polar surface area (TPSA) is 462 Å². The number of benzene rings is 7. The molecule has 0 saturated carbocycles. The van der Waals surface area contributed by atoms with Crippen LogP contribution in [0.1, 0.15) is 205 Å². The van der Waals surface area contributed by atoms with Gasteiger partial charge in [0.2, 0.25) is 0 Å². The average molecular weight is 1740 g/mol. The summed E-state index contributed by atoms with van der Waals surface area (Å²) in [5.41, 5.74) is 9.83. The predicted molar refractivity (Wildman–Crippen MR) is 463 cm³/mol. The molecule has 122 heavy (non-hydrogen) atoms. The average Bonchev–Trinajstić information content (AvgIpc) is 1.13. The van der Waals surface area contributed by atoms with Crippen LogP contribution in [0, 0.1) is 58.8 Å². The number of amides is 3. The lowest BCUT2D eigenvalue weighted by atomic mass is 9.67. The van der Waals surface area contributed by atoms with E-state index in [1.54, 1.807) is 76.6 Å². The van der Waals surface area contributed by atoms with Crippen molar-refractivity contribution in [3.8, 4) is 17.2 Å². The first kappa shape index (κ1) is 96.8. The summed E-state index contributed by atoms with van der Waals surface area (Å²) in [5, 5.41) is 62.4. The lowest BCUT2D eigenvalue weighted by Gasteiger charge is -2.42. The second-order valence-electron chi connectivity index (χ2n) is 32.3. The van der Waals surface area contributed by atoms with Gasteiger partial charge in [0, 0.05) is 85.0 Å². The Morgan fingerprint density at radius 2 is 0.975 bits per heavy atom. The van der Waals surface area contributed by atoms with E-state index in [0.717, 1.165) is 115 Å². The summed E-state index contributed by atoms with van der Waals surface area (Å²) in [6.45, 7) is 15.1. The van der Waals surface area contributed by atoms with Crippen molar-refractivity contribution in [3.05, 3.63) is 238 Å². The van der Waals surface area contributed by atoms with Gasteiger partial charge in [-0.3, -0.25) is 53.8 Å². The number of methoxy groups -OCH3 is 2. The molecule has 1 spiro atoms. The van der Waals surface area contributed by atoms with Gasteiger partial charge in [0.15, 0.2) is 11.5 Å². The third-order valence-electron chi connectivity index (χ3n) is 22.3. The second kappa shape index (κ2) is 41.9. The Bertz CT molecular complexity index is 5480. The van der Waals surface area contributed by atoms with Crippen LogP contribution >= 0.6 is 0 Å². The quantitative estimate of drug-likeness (QED) is 0.0159. The third-order valence-corrected chi connectivity index (χ3v) is 27.7. The number of nitro benzene ring substituents is 2. The summed E-state index contributed by atoms with van der Waals surface area (Å²) in [6, 6.07) is 40.2. The Kier molecular flexibility index (Phi) is 33.3. The number of aryl methyl sites for hydroxylation is 7. The number of rotatable bonds is 30. The molecule has 7 N–H and O–H groups in total. The molecule has 0 saturated heterocycles. The lowest BCUT2D eigenvalue weighted by molar-refractivity contribution is -0.386. The minimum absolute atomic E-state index is 0. The smallest absolute Gasteiger partial charge is 0.320 e. The van der Waals surface area contributed by atoms with Crippen LogP contribution in [0.25, 0.3) is 0 Å². The number of carbonyl (C=O) groups is 7. The standard InChI is InChI=1S/C37H44N2O10S.C26H32N2O5S.C25H31N3O8S.CH4/c1-24-13-15-31-29(18-24)12-9-17-37(31,27(4)47-5)23-48-33-16-14-30(20-32(33)39(44)45)36(43)38-50(46,21-25(2)19-34(40)41)22-35(42)49-26(3)28-10-7-6-8-11-28;1-17-5-7-22-19(12-17)4-3-10-26(22)11-9-20-14-21(6-8-23(20)33-16-26)25(31)28-34(27,32)15-18(2)13-24(29)30;1-16-6-8-20-18(11-16)5-4-10-25(20,35-3)15-36-22-9-7-19(13-21(22)28(32)33)24(31)27-37(26,34)14-17(2)12-23(29)30;/h6-8,10-11,13-16,18,20,25-27H,9,12,17,19,21-23H2,1-5H3,(H,40,41);5-8,12,14,18H,3-4,9-11,13,15-16H2,1-2H3,(H,29,30)(H2,27,28,31,32);6-9,11,13,17H,4-5,10,12,14-15H2,1-3H3,(H,29,30)(H2,26,27,31,34);1H4/t25-,26-,27?,37+,50+;18-,26-,34?;17-,25-,37?;/m000./s1. The number of carboxylic acid groups (broad SMARTS) is 3. The van der Waals surface area contributed by atoms with Gasteiger partial charge in [-0.1, -0.05) is 130 Å². The molecule has 3 unspecified atom stereocenters. The summed E-state index contributed by atoms with van der Waals surface area (Å²) in [4.78, 5) is 107. The van der Waals surface area contributed by atoms with Crippen molar-refractivity contribution in [3.63, 3.8) is 0 Å². The molecule has 33 heteroatoms. The van der Waals surface area contributed by atoms with Gasteiger partial charge in [-0.2, -0.15) is 4.36 Å². The number of fused-ring (bicyclic) bond motifs is 5. The van der Waals surface area contributed by atoms with Crippen molar-refractivity contribution in [2.75, 3.05) is 57.1 Å². The Labute approximate surface area is 712 Å². The molecule has 1 heterocycles. The van der Waals surface area contributed by atoms with Crippen molar-refractivity contribution in [1.82, 2.24) is 0 Å². The summed E-state index contributed by atoms with van der Waals surface area (Å²) in [5.74, 6) is -9.59. The molecule has 0 fully saturated rings. The fraction of sp³-hybridized carbons (Fsp3) is 0.449. The number of nitro groups is 2. The molecule has 1 aliphatic heterocycles. The zero-order valence-electron chi connectivity index (χ0n) is 69.6. The first-order valence-electron chi connectivity index (χ1n) is 39.9. The monoisotopic (exact) mass is 1740 g/mol. The van der Waals surface area contributed by atoms with E-state index in [1.165, 1.54) is 60.4 Å². The van der Waals surface area contributed by atoms with E-state index in [-0.39, 0.29) is 91.3 Å². The summed E-state index contributed by atoms with van der Waals surface area (Å²) < 4.78 is 85.9. The van der Waals surface area contributed by atoms with Gasteiger partial charge < -0.3 is 43.7 Å². The Balaban J connectivity index is 0.000000232. The highest BCUT2D eigenvalue weighted by Crippen LogP contribution is 2.47. The largest absolute Gasteiger partial charge is 0.492 e. The van der Waals surface area contributed by atoms with Crippen molar-refractivity contribution < 1.29 is 99.8 Å². The fourth-order valence-corrected chi connectivity index (χ4v) is 21.3. The highest BCUT2D eigenvalue weighted by Gasteiger charge is 2.45. The number of carboxylic acids is 3. The van der Waals surface area contributed by atoms with Gasteiger partial charge in [-0.15, -0.1) is 8.73 Å². The predicted octanol–water partition coefficient (Wildman–Crippen LogP) is 15.2. The maximum absolute atomic E-state index is 14.1. The van der Waals surface area contributed by atoms with E-state index in [9.17, 15) is 71.5 Å². The van der Waals surface area contributed by atoms with Gasteiger partial charge in [0.1, 0.15) is 56.3 Å². The maximum atomic E-state index is 14.1. The molecule has 7 aromatic rings. The number of esters is 1. The zero-order chi connectivity index (χ0) is 88.5. The molecule has 658 valence electrons. The molecular weight excluding hydrogens is 1630 g/mol. The molecule has 11 atom stereocenters. The molecule has 3 amide bonds. The van der Waals surface area contributed by atoms with Crippen molar-refractivity contribution in [2.45, 2.75) is 181 Å². The molecule has 0 aromatic heterocycles. The maximum Gasteiger partial charge on any atom is 0.320 e. The Hall–Kier alpha value is -10.7. The van der Waals surface area contributed by atoms with Gasteiger partial charge >= 0.3 is 35.3 Å². The highest BCUT2D eigenvalue weighted by molar-refractivity contribution is 7.94. The van der Waals surface area contributed by atoms with Crippen molar-refractivity contribution >= 4 is 82.5 Å². The second-order valence-corrected chi connectivity index (χ2v) is 38.4. The van der Waals surface area contributed by atoms with Gasteiger partial charge in [-0.05, 0) is 210 Å². The number of aliphatic carboxylic acids is 3. The first-order chi connectivity index (χ1) is 57.1. The molecule has 4 aliphatic rings. The summed E-state index contributed by atoms with van der Waals surface area (Å²) in [6.07, 6.45) is 8.14. The van der Waals surface area contributed by atoms with Gasteiger partial charge in [0.05, 0.1) is 37.7 Å². The summed E-state index contributed by atoms with van der Waals surface area (Å²) >= 11 is 0. The van der Waals surface area contributed by atoms with Gasteiger partial charge in [0.25, 0.3) is 17.7 Å². The van der Waals surface area contributed by atoms with E-state index in [2.05, 4.69) is 56.4 Å². The van der Waals surface area contributed by atoms with E-state index >= 15 is 0 Å². The molecule has 0 bridgehead atoms. The molecule has 3 aliphatic carbocycles. The molecular formula is C89H111N7O23S3. The third kappa shape index (κ3) is 25.5. The summed E-state index contributed by atoms with van der Waals surface area (Å²) in [7, 11) is -7.38. The minimum atomic E-state index is -3.71. The van der Waals surface area contributed by atoms with Crippen LogP contribution in [-0.2, 0) is 105 Å². The van der Waals surface area contributed by atoms with Crippen LogP contribution in [0.2, 0.25) is 0 Å². The highest BCUT2D eigenvalue weighted by atomic mass is 32.2. The molecule has 11 rings (SSSR count). The number of carbonyl (C=O) groups excluding carboxylic acids is 4. The normalized spacial score (nSPS) is 19.5. The van der Waals surface area contributed by atoms with Crippen LogP contribution in [0.5, 0.6) is 17.2 Å².